The Hall–Kier alpha value is -1.06. The van der Waals surface area contributed by atoms with E-state index in [1.165, 1.54) is 0 Å². The highest BCUT2D eigenvalue weighted by molar-refractivity contribution is 5.39. The number of hydrogen-bond acceptors (Lipinski definition) is 3. The Morgan fingerprint density at radius 2 is 2.18 bits per heavy atom. The minimum Gasteiger partial charge on any atom is -0.493 e. The topological polar surface area (TPSA) is 32.7 Å². The lowest BCUT2D eigenvalue weighted by Crippen LogP contribution is -2.29. The molecule has 1 aromatic rings. The van der Waals surface area contributed by atoms with E-state index in [1.807, 2.05) is 38.2 Å². The fourth-order valence-electron chi connectivity index (χ4n) is 2.61. The molecule has 0 aromatic heterocycles. The Bertz CT molecular complexity index is 382. The molecule has 0 saturated carbocycles. The molecule has 0 spiro atoms. The normalized spacial score (nSPS) is 29.5. The van der Waals surface area contributed by atoms with Gasteiger partial charge in [0.25, 0.3) is 0 Å². The molecule has 1 fully saturated rings. The van der Waals surface area contributed by atoms with Crippen molar-refractivity contribution in [2.24, 2.45) is 0 Å². The minimum atomic E-state index is -0.778. The molecule has 0 bridgehead atoms. The van der Waals surface area contributed by atoms with E-state index in [1.54, 1.807) is 0 Å². The van der Waals surface area contributed by atoms with E-state index in [-0.39, 0.29) is 0 Å². The van der Waals surface area contributed by atoms with E-state index in [0.29, 0.717) is 19.2 Å². The Morgan fingerprint density at radius 3 is 2.76 bits per heavy atom. The Balaban J connectivity index is 2.33. The van der Waals surface area contributed by atoms with E-state index in [9.17, 15) is 5.11 Å². The Morgan fingerprint density at radius 1 is 1.47 bits per heavy atom. The number of aliphatic hydroxyl groups is 1. The number of rotatable bonds is 3. The molecule has 94 valence electrons. The van der Waals surface area contributed by atoms with Crippen LogP contribution in [0.5, 0.6) is 5.75 Å². The summed E-state index contributed by atoms with van der Waals surface area (Å²) in [5, 5.41) is 10.8. The monoisotopic (exact) mass is 235 g/mol. The van der Waals surface area contributed by atoms with Crippen molar-refractivity contribution in [3.8, 4) is 5.75 Å². The van der Waals surface area contributed by atoms with E-state index < -0.39 is 5.60 Å². The highest BCUT2D eigenvalue weighted by atomic mass is 16.5. The van der Waals surface area contributed by atoms with Crippen LogP contribution < -0.4 is 4.74 Å². The van der Waals surface area contributed by atoms with Crippen molar-refractivity contribution < 1.29 is 9.84 Å². The van der Waals surface area contributed by atoms with Gasteiger partial charge in [-0.25, -0.2) is 0 Å². The van der Waals surface area contributed by atoms with Gasteiger partial charge >= 0.3 is 0 Å². The van der Waals surface area contributed by atoms with Crippen LogP contribution in [0.2, 0.25) is 0 Å². The van der Waals surface area contributed by atoms with Gasteiger partial charge in [0, 0.05) is 18.2 Å². The van der Waals surface area contributed by atoms with Gasteiger partial charge in [-0.3, -0.25) is 0 Å². The molecule has 3 heteroatoms. The van der Waals surface area contributed by atoms with Gasteiger partial charge in [0.1, 0.15) is 11.4 Å². The molecule has 1 aliphatic rings. The quantitative estimate of drug-likeness (QED) is 0.869. The summed E-state index contributed by atoms with van der Waals surface area (Å²) in [5.74, 6) is 0.806. The smallest absolute Gasteiger partial charge is 0.125 e. The number of hydrogen-bond donors (Lipinski definition) is 1. The van der Waals surface area contributed by atoms with Crippen LogP contribution in [0, 0.1) is 0 Å². The van der Waals surface area contributed by atoms with Crippen molar-refractivity contribution in [1.29, 1.82) is 0 Å². The first-order valence-electron chi connectivity index (χ1n) is 6.22. The fourth-order valence-corrected chi connectivity index (χ4v) is 2.61. The van der Waals surface area contributed by atoms with Crippen molar-refractivity contribution in [3.63, 3.8) is 0 Å². The van der Waals surface area contributed by atoms with Gasteiger partial charge in [-0.05, 0) is 33.4 Å². The second kappa shape index (κ2) is 4.67. The van der Waals surface area contributed by atoms with Crippen molar-refractivity contribution in [2.45, 2.75) is 31.9 Å². The average Bonchev–Trinajstić information content (AvgIpc) is 2.55. The lowest BCUT2D eigenvalue weighted by molar-refractivity contribution is 0.0455. The SMILES string of the molecule is CCOc1ccccc1C1(O)CC(C)N(C)C1. The van der Waals surface area contributed by atoms with Crippen molar-refractivity contribution in [3.05, 3.63) is 29.8 Å². The minimum absolute atomic E-state index is 0.398. The molecule has 3 nitrogen and oxygen atoms in total. The van der Waals surface area contributed by atoms with Crippen LogP contribution in [0.4, 0.5) is 0 Å². The molecule has 1 saturated heterocycles. The number of β-amino-alcohol motifs (C(OH)–C–C–N with tert-alkyl or cyclic N) is 1. The van der Waals surface area contributed by atoms with E-state index in [4.69, 9.17) is 4.74 Å². The van der Waals surface area contributed by atoms with E-state index in [2.05, 4.69) is 11.8 Å². The van der Waals surface area contributed by atoms with Gasteiger partial charge in [0.05, 0.1) is 6.61 Å². The Kier molecular flexibility index (Phi) is 3.40. The maximum Gasteiger partial charge on any atom is 0.125 e. The molecule has 1 aliphatic heterocycles. The molecule has 1 aromatic carbocycles. The van der Waals surface area contributed by atoms with E-state index in [0.717, 1.165) is 17.7 Å². The largest absolute Gasteiger partial charge is 0.493 e. The number of nitrogens with zero attached hydrogens (tertiary/aromatic N) is 1. The average molecular weight is 235 g/mol. The second-order valence-electron chi connectivity index (χ2n) is 4.93. The van der Waals surface area contributed by atoms with Crippen LogP contribution in [0.3, 0.4) is 0 Å². The molecule has 2 atom stereocenters. The highest BCUT2D eigenvalue weighted by Crippen LogP contribution is 2.39. The van der Waals surface area contributed by atoms with Crippen molar-refractivity contribution in [1.82, 2.24) is 4.90 Å². The predicted octanol–water partition coefficient (Wildman–Crippen LogP) is 2.00. The number of likely N-dealkylation sites (tertiary alicyclic amines) is 1. The standard InChI is InChI=1S/C14H21NO2/c1-4-17-13-8-6-5-7-12(13)14(16)9-11(2)15(3)10-14/h5-8,11,16H,4,9-10H2,1-3H3. The van der Waals surface area contributed by atoms with Crippen LogP contribution in [-0.2, 0) is 5.60 Å². The molecule has 2 unspecified atom stereocenters. The van der Waals surface area contributed by atoms with Crippen LogP contribution in [0.1, 0.15) is 25.8 Å². The zero-order valence-corrected chi connectivity index (χ0v) is 10.8. The lowest BCUT2D eigenvalue weighted by atomic mass is 9.90. The maximum atomic E-state index is 10.8. The first-order chi connectivity index (χ1) is 8.07. The van der Waals surface area contributed by atoms with Crippen molar-refractivity contribution >= 4 is 0 Å². The van der Waals surface area contributed by atoms with Crippen molar-refractivity contribution in [2.75, 3.05) is 20.2 Å². The summed E-state index contributed by atoms with van der Waals surface area (Å²) in [7, 11) is 2.05. The number of benzene rings is 1. The third-order valence-electron chi connectivity index (χ3n) is 3.58. The molecule has 2 rings (SSSR count). The third kappa shape index (κ3) is 2.31. The molecule has 1 heterocycles. The molecule has 0 aliphatic carbocycles. The number of para-hydroxylation sites is 1. The van der Waals surface area contributed by atoms with Crippen LogP contribution in [0.25, 0.3) is 0 Å². The summed E-state index contributed by atoms with van der Waals surface area (Å²) in [6.45, 7) is 5.39. The molecular weight excluding hydrogens is 214 g/mol. The zero-order chi connectivity index (χ0) is 12.5. The summed E-state index contributed by atoms with van der Waals surface area (Å²) in [6, 6.07) is 8.20. The molecular formula is C14H21NO2. The van der Waals surface area contributed by atoms with Gasteiger partial charge in [0.2, 0.25) is 0 Å². The van der Waals surface area contributed by atoms with Gasteiger partial charge in [-0.1, -0.05) is 18.2 Å². The Labute approximate surface area is 103 Å². The van der Waals surface area contributed by atoms with Crippen LogP contribution in [0.15, 0.2) is 24.3 Å². The molecule has 17 heavy (non-hydrogen) atoms. The van der Waals surface area contributed by atoms with Gasteiger partial charge < -0.3 is 14.7 Å². The molecule has 0 radical (unpaired) electrons. The number of likely N-dealkylation sites (N-methyl/N-ethyl adjacent to an activating group) is 1. The van der Waals surface area contributed by atoms with Crippen LogP contribution >= 0.6 is 0 Å². The van der Waals surface area contributed by atoms with Gasteiger partial charge in [0.15, 0.2) is 0 Å². The summed E-state index contributed by atoms with van der Waals surface area (Å²) in [6.07, 6.45) is 0.758. The fraction of sp³-hybridized carbons (Fsp3) is 0.571. The van der Waals surface area contributed by atoms with E-state index >= 15 is 0 Å². The zero-order valence-electron chi connectivity index (χ0n) is 10.8. The predicted molar refractivity (Wildman–Crippen MR) is 68.2 cm³/mol. The first kappa shape index (κ1) is 12.4. The summed E-state index contributed by atoms with van der Waals surface area (Å²) in [4.78, 5) is 2.18. The summed E-state index contributed by atoms with van der Waals surface area (Å²) in [5.41, 5.74) is 0.137. The summed E-state index contributed by atoms with van der Waals surface area (Å²) >= 11 is 0. The van der Waals surface area contributed by atoms with Crippen LogP contribution in [-0.4, -0.2) is 36.2 Å². The lowest BCUT2D eigenvalue weighted by Gasteiger charge is -2.25. The maximum absolute atomic E-state index is 10.8. The van der Waals surface area contributed by atoms with Gasteiger partial charge in [-0.15, -0.1) is 0 Å². The molecule has 0 amide bonds. The van der Waals surface area contributed by atoms with Gasteiger partial charge in [-0.2, -0.15) is 0 Å². The highest BCUT2D eigenvalue weighted by Gasteiger charge is 2.41. The first-order valence-corrected chi connectivity index (χ1v) is 6.22. The second-order valence-corrected chi connectivity index (χ2v) is 4.93. The summed E-state index contributed by atoms with van der Waals surface area (Å²) < 4.78 is 5.61. The number of ether oxygens (including phenoxy) is 1. The third-order valence-corrected chi connectivity index (χ3v) is 3.58. The molecule has 1 N–H and O–H groups in total.